The van der Waals surface area contributed by atoms with Crippen LogP contribution in [0.2, 0.25) is 0 Å². The van der Waals surface area contributed by atoms with Crippen LogP contribution in [0.3, 0.4) is 0 Å². The Bertz CT molecular complexity index is 678. The smallest absolute Gasteiger partial charge is 0.191 e. The van der Waals surface area contributed by atoms with Crippen LogP contribution in [0.1, 0.15) is 18.1 Å². The Morgan fingerprint density at radius 3 is 2.67 bits per heavy atom. The lowest BCUT2D eigenvalue weighted by atomic mass is 10.1. The predicted molar refractivity (Wildman–Crippen MR) is 87.2 cm³/mol. The summed E-state index contributed by atoms with van der Waals surface area (Å²) in [6.07, 6.45) is 1.94. The van der Waals surface area contributed by atoms with Crippen molar-refractivity contribution in [2.45, 2.75) is 19.0 Å². The number of nitrogens with zero attached hydrogens (tertiary/aromatic N) is 3. The molecular weight excluding hydrogens is 282 g/mol. The van der Waals surface area contributed by atoms with Gasteiger partial charge in [-0.05, 0) is 37.8 Å². The van der Waals surface area contributed by atoms with Crippen LogP contribution in [0.25, 0.3) is 0 Å². The van der Waals surface area contributed by atoms with Gasteiger partial charge in [0, 0.05) is 18.3 Å². The SMILES string of the molecule is CCNc1cc(Nc2cc(C#N)ccc2C)nc(SC)n1. The molecular formula is C15H17N5S. The molecule has 0 saturated heterocycles. The zero-order chi connectivity index (χ0) is 15.2. The highest BCUT2D eigenvalue weighted by Crippen LogP contribution is 2.23. The van der Waals surface area contributed by atoms with E-state index in [1.54, 1.807) is 6.07 Å². The van der Waals surface area contributed by atoms with E-state index in [1.807, 2.05) is 38.3 Å². The molecule has 0 radical (unpaired) electrons. The molecule has 2 rings (SSSR count). The van der Waals surface area contributed by atoms with E-state index in [9.17, 15) is 0 Å². The molecule has 0 aliphatic rings. The zero-order valence-corrected chi connectivity index (χ0v) is 13.1. The van der Waals surface area contributed by atoms with E-state index in [1.165, 1.54) is 11.8 Å². The van der Waals surface area contributed by atoms with Crippen LogP contribution in [0.5, 0.6) is 0 Å². The van der Waals surface area contributed by atoms with Crippen molar-refractivity contribution in [2.24, 2.45) is 0 Å². The van der Waals surface area contributed by atoms with Gasteiger partial charge in [0.05, 0.1) is 11.6 Å². The second-order valence-electron chi connectivity index (χ2n) is 4.42. The zero-order valence-electron chi connectivity index (χ0n) is 12.3. The second kappa shape index (κ2) is 6.95. The maximum atomic E-state index is 9.00. The molecule has 0 amide bonds. The normalized spacial score (nSPS) is 10.0. The molecule has 2 aromatic rings. The predicted octanol–water partition coefficient (Wildman–Crippen LogP) is 3.55. The molecule has 0 saturated carbocycles. The Morgan fingerprint density at radius 1 is 1.24 bits per heavy atom. The fourth-order valence-electron chi connectivity index (χ4n) is 1.82. The van der Waals surface area contributed by atoms with E-state index in [-0.39, 0.29) is 0 Å². The number of aromatic nitrogens is 2. The quantitative estimate of drug-likeness (QED) is 0.649. The van der Waals surface area contributed by atoms with Crippen LogP contribution in [0.4, 0.5) is 17.3 Å². The number of aryl methyl sites for hydroxylation is 1. The highest BCUT2D eigenvalue weighted by Gasteiger charge is 2.06. The van der Waals surface area contributed by atoms with Crippen LogP contribution < -0.4 is 10.6 Å². The summed E-state index contributed by atoms with van der Waals surface area (Å²) >= 11 is 1.49. The summed E-state index contributed by atoms with van der Waals surface area (Å²) in [4.78, 5) is 8.83. The van der Waals surface area contributed by atoms with Crippen LogP contribution in [0, 0.1) is 18.3 Å². The van der Waals surface area contributed by atoms with E-state index >= 15 is 0 Å². The first-order valence-electron chi connectivity index (χ1n) is 6.61. The van der Waals surface area contributed by atoms with E-state index in [4.69, 9.17) is 5.26 Å². The van der Waals surface area contributed by atoms with Crippen LogP contribution >= 0.6 is 11.8 Å². The molecule has 21 heavy (non-hydrogen) atoms. The average Bonchev–Trinajstić information content (AvgIpc) is 2.49. The molecule has 5 nitrogen and oxygen atoms in total. The summed E-state index contributed by atoms with van der Waals surface area (Å²) in [5, 5.41) is 16.2. The topological polar surface area (TPSA) is 73.6 Å². The van der Waals surface area contributed by atoms with E-state index in [0.29, 0.717) is 16.5 Å². The number of thioether (sulfide) groups is 1. The van der Waals surface area contributed by atoms with E-state index in [2.05, 4.69) is 26.7 Å². The van der Waals surface area contributed by atoms with Gasteiger partial charge in [0.1, 0.15) is 11.6 Å². The summed E-state index contributed by atoms with van der Waals surface area (Å²) in [5.41, 5.74) is 2.56. The van der Waals surface area contributed by atoms with Crippen molar-refractivity contribution in [1.29, 1.82) is 5.26 Å². The van der Waals surface area contributed by atoms with Crippen molar-refractivity contribution in [3.8, 4) is 6.07 Å². The van der Waals surface area contributed by atoms with Gasteiger partial charge in [0.15, 0.2) is 5.16 Å². The first-order valence-corrected chi connectivity index (χ1v) is 7.83. The number of benzene rings is 1. The standard InChI is InChI=1S/C15H17N5S/c1-4-17-13-8-14(20-15(19-13)21-3)18-12-7-11(9-16)6-5-10(12)2/h5-8H,4H2,1-3H3,(H2,17,18,19,20). The fraction of sp³-hybridized carbons (Fsp3) is 0.267. The summed E-state index contributed by atoms with van der Waals surface area (Å²) in [6, 6.07) is 9.55. The highest BCUT2D eigenvalue weighted by molar-refractivity contribution is 7.98. The Labute approximate surface area is 128 Å². The average molecular weight is 299 g/mol. The third kappa shape index (κ3) is 3.86. The van der Waals surface area contributed by atoms with Crippen molar-refractivity contribution >= 4 is 29.1 Å². The molecule has 0 unspecified atom stereocenters. The minimum atomic E-state index is 0.620. The van der Waals surface area contributed by atoms with Gasteiger partial charge in [0.25, 0.3) is 0 Å². The van der Waals surface area contributed by atoms with Gasteiger partial charge >= 0.3 is 0 Å². The molecule has 1 aromatic carbocycles. The number of nitriles is 1. The van der Waals surface area contributed by atoms with Gasteiger partial charge in [0.2, 0.25) is 0 Å². The molecule has 6 heteroatoms. The minimum absolute atomic E-state index is 0.620. The van der Waals surface area contributed by atoms with Crippen molar-refractivity contribution in [3.63, 3.8) is 0 Å². The Morgan fingerprint density at radius 2 is 2.00 bits per heavy atom. The van der Waals surface area contributed by atoms with Crippen molar-refractivity contribution in [1.82, 2.24) is 9.97 Å². The van der Waals surface area contributed by atoms with Crippen molar-refractivity contribution in [2.75, 3.05) is 23.4 Å². The number of rotatable bonds is 5. The van der Waals surface area contributed by atoms with Gasteiger partial charge in [-0.15, -0.1) is 0 Å². The van der Waals surface area contributed by atoms with Gasteiger partial charge in [-0.3, -0.25) is 0 Å². The largest absolute Gasteiger partial charge is 0.370 e. The number of anilines is 3. The number of hydrogen-bond acceptors (Lipinski definition) is 6. The third-order valence-electron chi connectivity index (χ3n) is 2.88. The molecule has 108 valence electrons. The first-order chi connectivity index (χ1) is 10.2. The highest BCUT2D eigenvalue weighted by atomic mass is 32.2. The molecule has 1 heterocycles. The third-order valence-corrected chi connectivity index (χ3v) is 3.42. The van der Waals surface area contributed by atoms with E-state index < -0.39 is 0 Å². The fourth-order valence-corrected chi connectivity index (χ4v) is 2.20. The minimum Gasteiger partial charge on any atom is -0.370 e. The summed E-state index contributed by atoms with van der Waals surface area (Å²) in [5.74, 6) is 1.50. The Balaban J connectivity index is 2.34. The first kappa shape index (κ1) is 15.1. The summed E-state index contributed by atoms with van der Waals surface area (Å²) in [7, 11) is 0. The van der Waals surface area contributed by atoms with Gasteiger partial charge < -0.3 is 10.6 Å². The summed E-state index contributed by atoms with van der Waals surface area (Å²) < 4.78 is 0. The van der Waals surface area contributed by atoms with Crippen molar-refractivity contribution in [3.05, 3.63) is 35.4 Å². The monoisotopic (exact) mass is 299 g/mol. The molecule has 0 aliphatic heterocycles. The maximum absolute atomic E-state index is 9.00. The van der Waals surface area contributed by atoms with Crippen molar-refractivity contribution < 1.29 is 0 Å². The molecule has 0 aliphatic carbocycles. The maximum Gasteiger partial charge on any atom is 0.191 e. The van der Waals surface area contributed by atoms with Gasteiger partial charge in [-0.2, -0.15) is 5.26 Å². The lowest BCUT2D eigenvalue weighted by Crippen LogP contribution is -2.04. The second-order valence-corrected chi connectivity index (χ2v) is 5.20. The molecule has 0 fully saturated rings. The number of hydrogen-bond donors (Lipinski definition) is 2. The van der Waals surface area contributed by atoms with Gasteiger partial charge in [-0.25, -0.2) is 9.97 Å². The van der Waals surface area contributed by atoms with Crippen LogP contribution in [-0.2, 0) is 0 Å². The van der Waals surface area contributed by atoms with Gasteiger partial charge in [-0.1, -0.05) is 17.8 Å². The molecule has 0 bridgehead atoms. The molecule has 0 atom stereocenters. The summed E-state index contributed by atoms with van der Waals surface area (Å²) in [6.45, 7) is 4.81. The molecule has 1 aromatic heterocycles. The van der Waals surface area contributed by atoms with Crippen LogP contribution in [-0.4, -0.2) is 22.8 Å². The van der Waals surface area contributed by atoms with E-state index in [0.717, 1.165) is 23.6 Å². The number of nitrogens with one attached hydrogen (secondary N) is 2. The molecule has 0 spiro atoms. The lowest BCUT2D eigenvalue weighted by molar-refractivity contribution is 0.967. The molecule has 2 N–H and O–H groups in total. The Hall–Kier alpha value is -2.26. The lowest BCUT2D eigenvalue weighted by Gasteiger charge is -2.11. The Kier molecular flexibility index (Phi) is 5.01. The van der Waals surface area contributed by atoms with Crippen LogP contribution in [0.15, 0.2) is 29.4 Å².